The van der Waals surface area contributed by atoms with Gasteiger partial charge in [-0.1, -0.05) is 13.0 Å². The lowest BCUT2D eigenvalue weighted by Gasteiger charge is -2.16. The molecule has 0 aliphatic rings. The van der Waals surface area contributed by atoms with Crippen molar-refractivity contribution in [2.45, 2.75) is 33.7 Å². The van der Waals surface area contributed by atoms with Crippen LogP contribution in [0.25, 0.3) is 5.69 Å². The molecule has 1 heterocycles. The molecular weight excluding hydrogens is 264 g/mol. The van der Waals surface area contributed by atoms with Gasteiger partial charge in [-0.05, 0) is 45.0 Å². The van der Waals surface area contributed by atoms with Crippen molar-refractivity contribution in [1.29, 1.82) is 0 Å². The Hall–Kier alpha value is -2.14. The molecule has 0 saturated heterocycles. The second kappa shape index (κ2) is 6.10. The minimum atomic E-state index is -0.234. The van der Waals surface area contributed by atoms with Gasteiger partial charge in [0.1, 0.15) is 0 Å². The van der Waals surface area contributed by atoms with Gasteiger partial charge >= 0.3 is 0 Å². The fourth-order valence-electron chi connectivity index (χ4n) is 2.10. The molecule has 2 unspecified atom stereocenters. The van der Waals surface area contributed by atoms with E-state index in [0.29, 0.717) is 0 Å². The summed E-state index contributed by atoms with van der Waals surface area (Å²) in [5.41, 5.74) is 9.45. The van der Waals surface area contributed by atoms with E-state index in [1.165, 1.54) is 0 Å². The van der Waals surface area contributed by atoms with Crippen molar-refractivity contribution in [2.75, 3.05) is 5.32 Å². The summed E-state index contributed by atoms with van der Waals surface area (Å²) in [6.07, 6.45) is 0. The zero-order chi connectivity index (χ0) is 15.6. The van der Waals surface area contributed by atoms with E-state index in [2.05, 4.69) is 10.4 Å². The Morgan fingerprint density at radius 1 is 1.29 bits per heavy atom. The van der Waals surface area contributed by atoms with E-state index < -0.39 is 0 Å². The summed E-state index contributed by atoms with van der Waals surface area (Å²) in [7, 11) is 0. The fraction of sp³-hybridized carbons (Fsp3) is 0.375. The second-order valence-corrected chi connectivity index (χ2v) is 5.53. The van der Waals surface area contributed by atoms with E-state index >= 15 is 0 Å². The van der Waals surface area contributed by atoms with Crippen molar-refractivity contribution in [3.8, 4) is 5.69 Å². The normalized spacial score (nSPS) is 13.8. The number of aryl methyl sites for hydroxylation is 2. The number of rotatable bonds is 4. The van der Waals surface area contributed by atoms with Crippen LogP contribution in [-0.4, -0.2) is 21.7 Å². The third-order valence-corrected chi connectivity index (χ3v) is 3.57. The number of nitrogens with one attached hydrogen (secondary N) is 1. The Labute approximate surface area is 125 Å². The molecule has 2 aromatic rings. The van der Waals surface area contributed by atoms with Gasteiger partial charge in [0, 0.05) is 17.4 Å². The van der Waals surface area contributed by atoms with Gasteiger partial charge in [-0.25, -0.2) is 4.68 Å². The molecule has 112 valence electrons. The quantitative estimate of drug-likeness (QED) is 0.906. The molecule has 0 radical (unpaired) electrons. The van der Waals surface area contributed by atoms with Crippen LogP contribution in [0.1, 0.15) is 25.2 Å². The smallest absolute Gasteiger partial charge is 0.228 e. The molecule has 2 rings (SSSR count). The highest BCUT2D eigenvalue weighted by molar-refractivity contribution is 5.93. The molecule has 5 nitrogen and oxygen atoms in total. The van der Waals surface area contributed by atoms with Gasteiger partial charge < -0.3 is 11.1 Å². The monoisotopic (exact) mass is 286 g/mol. The molecule has 0 bridgehead atoms. The maximum absolute atomic E-state index is 12.1. The van der Waals surface area contributed by atoms with Crippen LogP contribution >= 0.6 is 0 Å². The molecule has 1 amide bonds. The Morgan fingerprint density at radius 3 is 2.57 bits per heavy atom. The average Bonchev–Trinajstić information content (AvgIpc) is 2.77. The van der Waals surface area contributed by atoms with Crippen LogP contribution in [0, 0.1) is 19.8 Å². The minimum absolute atomic E-state index is 0.0736. The summed E-state index contributed by atoms with van der Waals surface area (Å²) in [5, 5.41) is 7.35. The van der Waals surface area contributed by atoms with E-state index in [4.69, 9.17) is 5.73 Å². The van der Waals surface area contributed by atoms with Crippen LogP contribution in [-0.2, 0) is 4.79 Å². The molecule has 21 heavy (non-hydrogen) atoms. The number of hydrogen-bond donors (Lipinski definition) is 2. The highest BCUT2D eigenvalue weighted by Gasteiger charge is 2.17. The van der Waals surface area contributed by atoms with E-state index in [1.54, 1.807) is 0 Å². The summed E-state index contributed by atoms with van der Waals surface area (Å²) in [6, 6.07) is 9.47. The summed E-state index contributed by atoms with van der Waals surface area (Å²) in [6.45, 7) is 7.62. The van der Waals surface area contributed by atoms with Gasteiger partial charge in [0.25, 0.3) is 0 Å². The number of benzene rings is 1. The zero-order valence-electron chi connectivity index (χ0n) is 12.9. The molecule has 2 atom stereocenters. The standard InChI is InChI=1S/C16H22N4O/c1-10-8-11(2)20(19-10)15-7-5-6-14(9-15)18-16(21)12(3)13(4)17/h5-9,12-13H,17H2,1-4H3,(H,18,21). The van der Waals surface area contributed by atoms with Gasteiger partial charge in [0.2, 0.25) is 5.91 Å². The van der Waals surface area contributed by atoms with Crippen LogP contribution in [0.5, 0.6) is 0 Å². The molecule has 0 fully saturated rings. The van der Waals surface area contributed by atoms with E-state index in [-0.39, 0.29) is 17.9 Å². The molecular formula is C16H22N4O. The van der Waals surface area contributed by atoms with Crippen molar-refractivity contribution in [1.82, 2.24) is 9.78 Å². The van der Waals surface area contributed by atoms with E-state index in [1.807, 2.05) is 62.7 Å². The number of amides is 1. The second-order valence-electron chi connectivity index (χ2n) is 5.53. The zero-order valence-corrected chi connectivity index (χ0v) is 12.9. The van der Waals surface area contributed by atoms with Crippen molar-refractivity contribution in [3.05, 3.63) is 41.7 Å². The third kappa shape index (κ3) is 3.49. The van der Waals surface area contributed by atoms with E-state index in [0.717, 1.165) is 22.8 Å². The van der Waals surface area contributed by atoms with Crippen LogP contribution < -0.4 is 11.1 Å². The molecule has 1 aromatic heterocycles. The number of carbonyl (C=O) groups excluding carboxylic acids is 1. The lowest BCUT2D eigenvalue weighted by atomic mass is 10.0. The summed E-state index contributed by atoms with van der Waals surface area (Å²) < 4.78 is 1.86. The lowest BCUT2D eigenvalue weighted by Crippen LogP contribution is -2.34. The molecule has 0 spiro atoms. The number of aromatic nitrogens is 2. The average molecular weight is 286 g/mol. The van der Waals surface area contributed by atoms with Gasteiger partial charge in [-0.3, -0.25) is 4.79 Å². The summed E-state index contributed by atoms with van der Waals surface area (Å²) in [5.74, 6) is -0.308. The first-order chi connectivity index (χ1) is 9.88. The van der Waals surface area contributed by atoms with Crippen molar-refractivity contribution < 1.29 is 4.79 Å². The van der Waals surface area contributed by atoms with Crippen LogP contribution in [0.2, 0.25) is 0 Å². The first-order valence-electron chi connectivity index (χ1n) is 7.08. The van der Waals surface area contributed by atoms with Crippen LogP contribution in [0.4, 0.5) is 5.69 Å². The maximum atomic E-state index is 12.1. The highest BCUT2D eigenvalue weighted by Crippen LogP contribution is 2.17. The summed E-state index contributed by atoms with van der Waals surface area (Å²) >= 11 is 0. The Bertz CT molecular complexity index is 645. The molecule has 0 aliphatic heterocycles. The first kappa shape index (κ1) is 15.3. The number of nitrogens with two attached hydrogens (primary N) is 1. The maximum Gasteiger partial charge on any atom is 0.228 e. The first-order valence-corrected chi connectivity index (χ1v) is 7.08. The largest absolute Gasteiger partial charge is 0.327 e. The fourth-order valence-corrected chi connectivity index (χ4v) is 2.10. The van der Waals surface area contributed by atoms with Gasteiger partial charge in [0.05, 0.1) is 17.3 Å². The van der Waals surface area contributed by atoms with Crippen LogP contribution in [0.3, 0.4) is 0 Å². The van der Waals surface area contributed by atoms with Crippen molar-refractivity contribution >= 4 is 11.6 Å². The molecule has 0 aliphatic carbocycles. The number of anilines is 1. The van der Waals surface area contributed by atoms with E-state index in [9.17, 15) is 4.79 Å². The minimum Gasteiger partial charge on any atom is -0.327 e. The predicted molar refractivity (Wildman–Crippen MR) is 84.5 cm³/mol. The van der Waals surface area contributed by atoms with Crippen molar-refractivity contribution in [3.63, 3.8) is 0 Å². The summed E-state index contributed by atoms with van der Waals surface area (Å²) in [4.78, 5) is 12.1. The number of carbonyl (C=O) groups is 1. The van der Waals surface area contributed by atoms with Gasteiger partial charge in [0.15, 0.2) is 0 Å². The number of hydrogen-bond acceptors (Lipinski definition) is 3. The molecule has 1 aromatic carbocycles. The molecule has 5 heteroatoms. The van der Waals surface area contributed by atoms with Crippen molar-refractivity contribution in [2.24, 2.45) is 11.7 Å². The highest BCUT2D eigenvalue weighted by atomic mass is 16.1. The SMILES string of the molecule is Cc1cc(C)n(-c2cccc(NC(=O)C(C)C(C)N)c2)n1. The topological polar surface area (TPSA) is 72.9 Å². The molecule has 0 saturated carbocycles. The predicted octanol–water partition coefficient (Wildman–Crippen LogP) is 2.41. The lowest BCUT2D eigenvalue weighted by molar-refractivity contribution is -0.119. The molecule has 3 N–H and O–H groups in total. The van der Waals surface area contributed by atoms with Gasteiger partial charge in [-0.2, -0.15) is 5.10 Å². The Balaban J connectivity index is 2.22. The van der Waals surface area contributed by atoms with Gasteiger partial charge in [-0.15, -0.1) is 0 Å². The number of nitrogens with zero attached hydrogens (tertiary/aromatic N) is 2. The van der Waals surface area contributed by atoms with Crippen LogP contribution in [0.15, 0.2) is 30.3 Å². The Kier molecular flexibility index (Phi) is 4.43. The third-order valence-electron chi connectivity index (χ3n) is 3.57. The Morgan fingerprint density at radius 2 is 2.00 bits per heavy atom.